The van der Waals surface area contributed by atoms with Gasteiger partial charge < -0.3 is 0 Å². The highest BCUT2D eigenvalue weighted by Gasteiger charge is 2.25. The van der Waals surface area contributed by atoms with Crippen LogP contribution in [0.25, 0.3) is 33.4 Å². The molecule has 2 aromatic carbocycles. The minimum Gasteiger partial charge on any atom is -0.255 e. The normalized spacial score (nSPS) is 12.2. The van der Waals surface area contributed by atoms with Crippen molar-refractivity contribution in [2.45, 2.75) is 13.3 Å². The van der Waals surface area contributed by atoms with Crippen molar-refractivity contribution in [1.82, 2.24) is 9.97 Å². The van der Waals surface area contributed by atoms with Crippen molar-refractivity contribution in [3.05, 3.63) is 83.6 Å². The van der Waals surface area contributed by atoms with E-state index in [2.05, 4.69) is 54.4 Å². The summed E-state index contributed by atoms with van der Waals surface area (Å²) in [6, 6.07) is 21.2. The molecule has 2 nitrogen and oxygen atoms in total. The summed E-state index contributed by atoms with van der Waals surface area (Å²) in [5, 5.41) is 1.25. The Bertz CT molecular complexity index is 1080. The summed E-state index contributed by atoms with van der Waals surface area (Å²) < 4.78 is 0. The maximum absolute atomic E-state index is 4.98. The number of pyridine rings is 2. The Balaban J connectivity index is 1.92. The second-order valence-corrected chi connectivity index (χ2v) is 6.38. The van der Waals surface area contributed by atoms with Gasteiger partial charge in [-0.1, -0.05) is 42.0 Å². The van der Waals surface area contributed by atoms with E-state index in [1.54, 1.807) is 0 Å². The Labute approximate surface area is 140 Å². The zero-order chi connectivity index (χ0) is 16.1. The lowest BCUT2D eigenvalue weighted by molar-refractivity contribution is 1.19. The Morgan fingerprint density at radius 1 is 0.917 bits per heavy atom. The van der Waals surface area contributed by atoms with Gasteiger partial charge in [-0.25, -0.2) is 4.98 Å². The molecule has 24 heavy (non-hydrogen) atoms. The van der Waals surface area contributed by atoms with Crippen LogP contribution >= 0.6 is 0 Å². The Kier molecular flexibility index (Phi) is 2.80. The molecular formula is C22H16N2. The van der Waals surface area contributed by atoms with Crippen molar-refractivity contribution in [3.63, 3.8) is 0 Å². The molecular weight excluding hydrogens is 292 g/mol. The maximum Gasteiger partial charge on any atom is 0.0935 e. The van der Waals surface area contributed by atoms with Gasteiger partial charge in [0.2, 0.25) is 0 Å². The van der Waals surface area contributed by atoms with Gasteiger partial charge in [-0.3, -0.25) is 4.98 Å². The highest BCUT2D eigenvalue weighted by molar-refractivity contribution is 6.02. The monoisotopic (exact) mass is 308 g/mol. The fourth-order valence-electron chi connectivity index (χ4n) is 3.72. The molecule has 0 fully saturated rings. The molecule has 0 N–H and O–H groups in total. The molecule has 0 unspecified atom stereocenters. The average Bonchev–Trinajstić information content (AvgIpc) is 3.02. The lowest BCUT2D eigenvalue weighted by Crippen LogP contribution is -1.96. The van der Waals surface area contributed by atoms with Crippen LogP contribution < -0.4 is 0 Å². The Hall–Kier alpha value is -3.00. The van der Waals surface area contributed by atoms with E-state index in [0.29, 0.717) is 0 Å². The van der Waals surface area contributed by atoms with Crippen molar-refractivity contribution < 1.29 is 0 Å². The second-order valence-electron chi connectivity index (χ2n) is 6.38. The lowest BCUT2D eigenvalue weighted by Gasteiger charge is -2.12. The van der Waals surface area contributed by atoms with E-state index in [1.165, 1.54) is 33.2 Å². The molecule has 4 aromatic rings. The molecule has 0 amide bonds. The SMILES string of the molecule is Cc1ccc2nc(-c3ccccn3)c3c(c2c1)-c1ccccc1C3. The maximum atomic E-state index is 4.98. The van der Waals surface area contributed by atoms with Crippen LogP contribution in [0.5, 0.6) is 0 Å². The number of nitrogens with zero attached hydrogens (tertiary/aromatic N) is 2. The Morgan fingerprint density at radius 2 is 1.79 bits per heavy atom. The zero-order valence-electron chi connectivity index (χ0n) is 13.5. The summed E-state index contributed by atoms with van der Waals surface area (Å²) >= 11 is 0. The third kappa shape index (κ3) is 1.89. The van der Waals surface area contributed by atoms with Crippen molar-refractivity contribution in [1.29, 1.82) is 0 Å². The van der Waals surface area contributed by atoms with Gasteiger partial charge in [-0.05, 0) is 53.4 Å². The number of aromatic nitrogens is 2. The largest absolute Gasteiger partial charge is 0.255 e. The fraction of sp³-hybridized carbons (Fsp3) is 0.0909. The van der Waals surface area contributed by atoms with Gasteiger partial charge in [0.15, 0.2) is 0 Å². The lowest BCUT2D eigenvalue weighted by atomic mass is 9.97. The van der Waals surface area contributed by atoms with Gasteiger partial charge in [0.05, 0.1) is 16.9 Å². The van der Waals surface area contributed by atoms with Crippen molar-refractivity contribution >= 4 is 10.9 Å². The van der Waals surface area contributed by atoms with Crippen LogP contribution in [0.2, 0.25) is 0 Å². The van der Waals surface area contributed by atoms with Crippen LogP contribution in [-0.2, 0) is 6.42 Å². The summed E-state index contributed by atoms with van der Waals surface area (Å²) in [6.45, 7) is 2.14. The van der Waals surface area contributed by atoms with Crippen LogP contribution in [0.4, 0.5) is 0 Å². The number of benzene rings is 2. The molecule has 0 radical (unpaired) electrons. The standard InChI is InChI=1S/C22H16N2/c1-14-9-10-19-17(12-14)21-16-7-3-2-6-15(16)13-18(21)22(24-19)20-8-4-5-11-23-20/h2-12H,13H2,1H3. The van der Waals surface area contributed by atoms with Gasteiger partial charge in [-0.2, -0.15) is 0 Å². The molecule has 5 rings (SSSR count). The summed E-state index contributed by atoms with van der Waals surface area (Å²) in [5.41, 5.74) is 9.61. The first-order valence-electron chi connectivity index (χ1n) is 8.24. The van der Waals surface area contributed by atoms with E-state index in [0.717, 1.165) is 23.3 Å². The molecule has 0 bridgehead atoms. The second kappa shape index (κ2) is 5.00. The molecule has 1 aliphatic carbocycles. The highest BCUT2D eigenvalue weighted by atomic mass is 14.8. The van der Waals surface area contributed by atoms with E-state index < -0.39 is 0 Å². The van der Waals surface area contributed by atoms with E-state index in [-0.39, 0.29) is 0 Å². The molecule has 2 heteroatoms. The zero-order valence-corrected chi connectivity index (χ0v) is 13.5. The highest BCUT2D eigenvalue weighted by Crippen LogP contribution is 2.44. The third-order valence-corrected chi connectivity index (χ3v) is 4.80. The fourth-order valence-corrected chi connectivity index (χ4v) is 3.72. The molecule has 2 heterocycles. The topological polar surface area (TPSA) is 25.8 Å². The molecule has 0 spiro atoms. The quantitative estimate of drug-likeness (QED) is 0.426. The van der Waals surface area contributed by atoms with Gasteiger partial charge in [0.1, 0.15) is 0 Å². The molecule has 1 aliphatic rings. The summed E-state index contributed by atoms with van der Waals surface area (Å²) in [6.07, 6.45) is 2.76. The van der Waals surface area contributed by atoms with Crippen molar-refractivity contribution in [2.75, 3.05) is 0 Å². The van der Waals surface area contributed by atoms with E-state index in [4.69, 9.17) is 4.98 Å². The molecule has 2 aromatic heterocycles. The molecule has 0 saturated carbocycles. The predicted octanol–water partition coefficient (Wildman–Crippen LogP) is 5.18. The van der Waals surface area contributed by atoms with E-state index in [1.807, 2.05) is 24.4 Å². The van der Waals surface area contributed by atoms with Crippen LogP contribution in [0.3, 0.4) is 0 Å². The summed E-state index contributed by atoms with van der Waals surface area (Å²) in [4.78, 5) is 9.53. The first-order chi connectivity index (χ1) is 11.8. The van der Waals surface area contributed by atoms with Crippen LogP contribution in [0.1, 0.15) is 16.7 Å². The number of hydrogen-bond donors (Lipinski definition) is 0. The van der Waals surface area contributed by atoms with E-state index >= 15 is 0 Å². The summed E-state index contributed by atoms with van der Waals surface area (Å²) in [7, 11) is 0. The van der Waals surface area contributed by atoms with Crippen LogP contribution in [-0.4, -0.2) is 9.97 Å². The number of fused-ring (bicyclic) bond motifs is 5. The smallest absolute Gasteiger partial charge is 0.0935 e. The van der Waals surface area contributed by atoms with Gasteiger partial charge in [0.25, 0.3) is 0 Å². The third-order valence-electron chi connectivity index (χ3n) is 4.80. The molecule has 0 saturated heterocycles. The van der Waals surface area contributed by atoms with Gasteiger partial charge >= 0.3 is 0 Å². The summed E-state index contributed by atoms with van der Waals surface area (Å²) in [5.74, 6) is 0. The first-order valence-corrected chi connectivity index (χ1v) is 8.24. The minimum atomic E-state index is 0.925. The molecule has 0 aliphatic heterocycles. The van der Waals surface area contributed by atoms with Crippen LogP contribution in [0.15, 0.2) is 66.9 Å². The van der Waals surface area contributed by atoms with Gasteiger partial charge in [-0.15, -0.1) is 0 Å². The average molecular weight is 308 g/mol. The predicted molar refractivity (Wildman–Crippen MR) is 98.0 cm³/mol. The number of rotatable bonds is 1. The number of aryl methyl sites for hydroxylation is 1. The minimum absolute atomic E-state index is 0.925. The van der Waals surface area contributed by atoms with Gasteiger partial charge in [0, 0.05) is 18.0 Å². The number of hydrogen-bond acceptors (Lipinski definition) is 2. The first kappa shape index (κ1) is 13.4. The molecule has 114 valence electrons. The molecule has 0 atom stereocenters. The Morgan fingerprint density at radius 3 is 2.67 bits per heavy atom. The van der Waals surface area contributed by atoms with Crippen molar-refractivity contribution in [3.8, 4) is 22.5 Å². The van der Waals surface area contributed by atoms with Crippen LogP contribution in [0, 0.1) is 6.92 Å². The van der Waals surface area contributed by atoms with E-state index in [9.17, 15) is 0 Å². The van der Waals surface area contributed by atoms with Crippen molar-refractivity contribution in [2.24, 2.45) is 0 Å².